The van der Waals surface area contributed by atoms with Gasteiger partial charge in [0, 0.05) is 32.6 Å². The first-order chi connectivity index (χ1) is 15.1. The van der Waals surface area contributed by atoms with Crippen LogP contribution in [0, 0.1) is 5.82 Å². The highest BCUT2D eigenvalue weighted by atomic mass is 19.1. The zero-order valence-electron chi connectivity index (χ0n) is 17.6. The maximum Gasteiger partial charge on any atom is 0.255 e. The number of amides is 2. The van der Waals surface area contributed by atoms with Gasteiger partial charge in [-0.25, -0.2) is 4.39 Å². The van der Waals surface area contributed by atoms with E-state index in [9.17, 15) is 14.0 Å². The Kier molecular flexibility index (Phi) is 8.37. The number of halogens is 1. The molecule has 1 saturated heterocycles. The van der Waals surface area contributed by atoms with Crippen molar-refractivity contribution in [1.29, 1.82) is 0 Å². The molecule has 2 amide bonds. The van der Waals surface area contributed by atoms with E-state index in [-0.39, 0.29) is 36.6 Å². The number of para-hydroxylation sites is 1. The molecular formula is C23H28FN3O4. The van der Waals surface area contributed by atoms with E-state index in [1.54, 1.807) is 36.4 Å². The molecule has 166 valence electrons. The minimum absolute atomic E-state index is 0.0726. The number of hydrogen-bond donors (Lipinski definition) is 2. The molecule has 0 unspecified atom stereocenters. The fraction of sp³-hybridized carbons (Fsp3) is 0.391. The summed E-state index contributed by atoms with van der Waals surface area (Å²) < 4.78 is 23.9. The van der Waals surface area contributed by atoms with Gasteiger partial charge in [-0.2, -0.15) is 0 Å². The average molecular weight is 429 g/mol. The Hall–Kier alpha value is -2.97. The van der Waals surface area contributed by atoms with Crippen LogP contribution < -0.4 is 15.4 Å². The molecule has 7 nitrogen and oxygen atoms in total. The van der Waals surface area contributed by atoms with Gasteiger partial charge in [0.1, 0.15) is 11.6 Å². The number of rotatable bonds is 9. The minimum atomic E-state index is -0.292. The van der Waals surface area contributed by atoms with Crippen molar-refractivity contribution in [2.24, 2.45) is 0 Å². The summed E-state index contributed by atoms with van der Waals surface area (Å²) in [6.07, 6.45) is 0.153. The zero-order chi connectivity index (χ0) is 22.1. The van der Waals surface area contributed by atoms with Crippen molar-refractivity contribution >= 4 is 11.8 Å². The third kappa shape index (κ3) is 6.50. The van der Waals surface area contributed by atoms with Crippen LogP contribution in [0.5, 0.6) is 5.75 Å². The maximum absolute atomic E-state index is 13.3. The lowest BCUT2D eigenvalue weighted by atomic mass is 10.0. The minimum Gasteiger partial charge on any atom is -0.496 e. The normalized spacial score (nSPS) is 15.2. The summed E-state index contributed by atoms with van der Waals surface area (Å²) in [5.74, 6) is -0.264. The van der Waals surface area contributed by atoms with Crippen molar-refractivity contribution in [1.82, 2.24) is 15.5 Å². The highest BCUT2D eigenvalue weighted by Gasteiger charge is 2.23. The number of hydrogen-bond acceptors (Lipinski definition) is 5. The van der Waals surface area contributed by atoms with E-state index in [1.807, 2.05) is 0 Å². The summed E-state index contributed by atoms with van der Waals surface area (Å²) >= 11 is 0. The molecule has 1 heterocycles. The molecule has 1 fully saturated rings. The molecule has 0 saturated carbocycles. The first kappa shape index (κ1) is 22.7. The van der Waals surface area contributed by atoms with Crippen LogP contribution >= 0.6 is 0 Å². The molecule has 0 spiro atoms. The van der Waals surface area contributed by atoms with E-state index in [2.05, 4.69) is 15.5 Å². The molecule has 1 atom stereocenters. The van der Waals surface area contributed by atoms with Crippen molar-refractivity contribution in [2.75, 3.05) is 46.5 Å². The number of carbonyl (C=O) groups excluding carboxylic acids is 2. The Morgan fingerprint density at radius 3 is 2.52 bits per heavy atom. The summed E-state index contributed by atoms with van der Waals surface area (Å²) in [6.45, 7) is 3.34. The van der Waals surface area contributed by atoms with Gasteiger partial charge in [0.25, 0.3) is 5.91 Å². The van der Waals surface area contributed by atoms with Crippen LogP contribution in [0.4, 0.5) is 4.39 Å². The number of ether oxygens (including phenoxy) is 2. The standard InChI is InChI=1S/C23H28FN3O4/c1-30-21-5-3-2-4-19(21)23(29)25-11-10-22(28)26-16-20(27-12-14-31-15-13-27)17-6-8-18(24)9-7-17/h2-9,20H,10-16H2,1H3,(H,25,29)(H,26,28)/t20-/m0/s1. The van der Waals surface area contributed by atoms with Crippen molar-refractivity contribution in [3.05, 3.63) is 65.5 Å². The Balaban J connectivity index is 1.51. The Morgan fingerprint density at radius 2 is 1.81 bits per heavy atom. The fourth-order valence-electron chi connectivity index (χ4n) is 3.55. The third-order valence-electron chi connectivity index (χ3n) is 5.22. The molecule has 0 radical (unpaired) electrons. The van der Waals surface area contributed by atoms with E-state index >= 15 is 0 Å². The number of carbonyl (C=O) groups is 2. The van der Waals surface area contributed by atoms with Crippen LogP contribution in [0.1, 0.15) is 28.4 Å². The van der Waals surface area contributed by atoms with Crippen molar-refractivity contribution in [3.63, 3.8) is 0 Å². The molecule has 31 heavy (non-hydrogen) atoms. The van der Waals surface area contributed by atoms with Gasteiger partial charge in [0.15, 0.2) is 0 Å². The van der Waals surface area contributed by atoms with Gasteiger partial charge in [0.05, 0.1) is 31.9 Å². The number of methoxy groups -OCH3 is 1. The van der Waals surface area contributed by atoms with Crippen molar-refractivity contribution in [2.45, 2.75) is 12.5 Å². The van der Waals surface area contributed by atoms with E-state index in [1.165, 1.54) is 19.2 Å². The van der Waals surface area contributed by atoms with Gasteiger partial charge in [0.2, 0.25) is 5.91 Å². The third-order valence-corrected chi connectivity index (χ3v) is 5.22. The van der Waals surface area contributed by atoms with Gasteiger partial charge >= 0.3 is 0 Å². The molecule has 3 rings (SSSR count). The van der Waals surface area contributed by atoms with E-state index in [0.29, 0.717) is 31.1 Å². The molecule has 0 bridgehead atoms. The molecule has 1 aliphatic heterocycles. The van der Waals surface area contributed by atoms with Crippen LogP contribution in [-0.4, -0.2) is 63.2 Å². The SMILES string of the molecule is COc1ccccc1C(=O)NCCC(=O)NC[C@@H](c1ccc(F)cc1)N1CCOCC1. The van der Waals surface area contributed by atoms with Crippen LogP contribution in [0.3, 0.4) is 0 Å². The van der Waals surface area contributed by atoms with Gasteiger partial charge < -0.3 is 20.1 Å². The summed E-state index contributed by atoms with van der Waals surface area (Å²) in [5, 5.41) is 5.68. The first-order valence-electron chi connectivity index (χ1n) is 10.3. The molecule has 0 aromatic heterocycles. The molecule has 0 aliphatic carbocycles. The molecule has 2 aromatic carbocycles. The maximum atomic E-state index is 13.3. The predicted molar refractivity (Wildman–Crippen MR) is 114 cm³/mol. The summed E-state index contributed by atoms with van der Waals surface area (Å²) in [5.41, 5.74) is 1.36. The van der Waals surface area contributed by atoms with Crippen LogP contribution in [-0.2, 0) is 9.53 Å². The van der Waals surface area contributed by atoms with E-state index < -0.39 is 0 Å². The average Bonchev–Trinajstić information content (AvgIpc) is 2.81. The van der Waals surface area contributed by atoms with Gasteiger partial charge in [-0.1, -0.05) is 24.3 Å². The number of benzene rings is 2. The predicted octanol–water partition coefficient (Wildman–Crippen LogP) is 2.14. The quantitative estimate of drug-likeness (QED) is 0.639. The highest BCUT2D eigenvalue weighted by Crippen LogP contribution is 2.22. The smallest absolute Gasteiger partial charge is 0.255 e. The number of nitrogens with one attached hydrogen (secondary N) is 2. The number of nitrogens with zero attached hydrogens (tertiary/aromatic N) is 1. The van der Waals surface area contributed by atoms with Crippen LogP contribution in [0.15, 0.2) is 48.5 Å². The monoisotopic (exact) mass is 429 g/mol. The van der Waals surface area contributed by atoms with Crippen molar-refractivity contribution in [3.8, 4) is 5.75 Å². The van der Waals surface area contributed by atoms with Crippen molar-refractivity contribution < 1.29 is 23.5 Å². The Labute approximate surface area is 181 Å². The lowest BCUT2D eigenvalue weighted by molar-refractivity contribution is -0.121. The molecule has 8 heteroatoms. The van der Waals surface area contributed by atoms with E-state index in [4.69, 9.17) is 9.47 Å². The van der Waals surface area contributed by atoms with Crippen LogP contribution in [0.2, 0.25) is 0 Å². The second-order valence-corrected chi connectivity index (χ2v) is 7.23. The zero-order valence-corrected chi connectivity index (χ0v) is 17.6. The molecule has 1 aliphatic rings. The van der Waals surface area contributed by atoms with Crippen LogP contribution in [0.25, 0.3) is 0 Å². The second kappa shape index (κ2) is 11.4. The molecular weight excluding hydrogens is 401 g/mol. The highest BCUT2D eigenvalue weighted by molar-refractivity contribution is 5.97. The summed E-state index contributed by atoms with van der Waals surface area (Å²) in [7, 11) is 1.51. The Bertz CT molecular complexity index is 869. The van der Waals surface area contributed by atoms with Gasteiger partial charge in [-0.05, 0) is 29.8 Å². The fourth-order valence-corrected chi connectivity index (χ4v) is 3.55. The van der Waals surface area contributed by atoms with Gasteiger partial charge in [-0.3, -0.25) is 14.5 Å². The second-order valence-electron chi connectivity index (χ2n) is 7.23. The number of morpholine rings is 1. The molecule has 2 N–H and O–H groups in total. The Morgan fingerprint density at radius 1 is 1.10 bits per heavy atom. The largest absolute Gasteiger partial charge is 0.496 e. The lowest BCUT2D eigenvalue weighted by Gasteiger charge is -2.35. The molecule has 2 aromatic rings. The summed E-state index contributed by atoms with van der Waals surface area (Å²) in [4.78, 5) is 26.9. The lowest BCUT2D eigenvalue weighted by Crippen LogP contribution is -2.44. The van der Waals surface area contributed by atoms with Gasteiger partial charge in [-0.15, -0.1) is 0 Å². The topological polar surface area (TPSA) is 79.9 Å². The van der Waals surface area contributed by atoms with E-state index in [0.717, 1.165) is 18.7 Å². The summed E-state index contributed by atoms with van der Waals surface area (Å²) in [6, 6.07) is 13.2. The first-order valence-corrected chi connectivity index (χ1v) is 10.3.